The Morgan fingerprint density at radius 3 is 2.58 bits per heavy atom. The van der Waals surface area contributed by atoms with E-state index in [1.54, 1.807) is 0 Å². The van der Waals surface area contributed by atoms with Crippen LogP contribution in [0, 0.1) is 0 Å². The molecule has 24 heavy (non-hydrogen) atoms. The predicted molar refractivity (Wildman–Crippen MR) is 103 cm³/mol. The standard InChI is InChI=1S/C19H27N3OSi/c1-19(2,3)24(4,5)23-12-8-11-22-14-21-17-13-20-16-10-7-6-9-15(16)18(17)22/h6-7,9-10,13-14H,8,11-12H2,1-5H3. The Balaban J connectivity index is 1.74. The number of para-hydroxylation sites is 1. The first-order valence-corrected chi connectivity index (χ1v) is 11.5. The molecule has 0 fully saturated rings. The van der Waals surface area contributed by atoms with Crippen molar-refractivity contribution in [2.24, 2.45) is 0 Å². The van der Waals surface area contributed by atoms with Crippen LogP contribution in [0.2, 0.25) is 18.1 Å². The van der Waals surface area contributed by atoms with Gasteiger partial charge in [0, 0.05) is 18.5 Å². The van der Waals surface area contributed by atoms with Gasteiger partial charge < -0.3 is 8.99 Å². The minimum Gasteiger partial charge on any atom is -0.417 e. The van der Waals surface area contributed by atoms with Crippen molar-refractivity contribution in [3.63, 3.8) is 0 Å². The third-order valence-electron chi connectivity index (χ3n) is 5.16. The highest BCUT2D eigenvalue weighted by Crippen LogP contribution is 2.36. The molecule has 2 heterocycles. The lowest BCUT2D eigenvalue weighted by molar-refractivity contribution is 0.275. The third-order valence-corrected chi connectivity index (χ3v) is 9.70. The van der Waals surface area contributed by atoms with Gasteiger partial charge in [-0.1, -0.05) is 39.0 Å². The molecule has 5 heteroatoms. The van der Waals surface area contributed by atoms with Gasteiger partial charge in [0.1, 0.15) is 5.52 Å². The van der Waals surface area contributed by atoms with Crippen LogP contribution >= 0.6 is 0 Å². The molecule has 4 nitrogen and oxygen atoms in total. The van der Waals surface area contributed by atoms with Crippen LogP contribution in [0.3, 0.4) is 0 Å². The number of hydrogen-bond donors (Lipinski definition) is 0. The average Bonchev–Trinajstić information content (AvgIpc) is 2.94. The Hall–Kier alpha value is -1.72. The molecule has 0 aliphatic rings. The fraction of sp³-hybridized carbons (Fsp3) is 0.474. The van der Waals surface area contributed by atoms with Crippen LogP contribution in [0.1, 0.15) is 27.2 Å². The number of imidazole rings is 1. The van der Waals surface area contributed by atoms with Gasteiger partial charge in [0.25, 0.3) is 0 Å². The lowest BCUT2D eigenvalue weighted by atomic mass is 10.2. The van der Waals surface area contributed by atoms with E-state index in [2.05, 4.69) is 60.5 Å². The molecular formula is C19H27N3OSi. The molecule has 0 saturated carbocycles. The largest absolute Gasteiger partial charge is 0.417 e. The van der Waals surface area contributed by atoms with Gasteiger partial charge >= 0.3 is 0 Å². The zero-order chi connectivity index (χ0) is 17.4. The molecule has 3 aromatic rings. The summed E-state index contributed by atoms with van der Waals surface area (Å²) in [6, 6.07) is 8.25. The zero-order valence-electron chi connectivity index (χ0n) is 15.3. The third kappa shape index (κ3) is 3.23. The monoisotopic (exact) mass is 341 g/mol. The topological polar surface area (TPSA) is 39.9 Å². The first-order valence-electron chi connectivity index (χ1n) is 8.62. The number of aryl methyl sites for hydroxylation is 1. The molecule has 3 rings (SSSR count). The summed E-state index contributed by atoms with van der Waals surface area (Å²) in [6.07, 6.45) is 4.78. The van der Waals surface area contributed by atoms with Crippen LogP contribution in [0.4, 0.5) is 0 Å². The summed E-state index contributed by atoms with van der Waals surface area (Å²) in [5, 5.41) is 1.43. The van der Waals surface area contributed by atoms with Crippen molar-refractivity contribution >= 4 is 30.3 Å². The lowest BCUT2D eigenvalue weighted by Gasteiger charge is -2.36. The van der Waals surface area contributed by atoms with Crippen molar-refractivity contribution < 1.29 is 4.43 Å². The molecule has 0 atom stereocenters. The van der Waals surface area contributed by atoms with Crippen molar-refractivity contribution in [2.75, 3.05) is 6.61 Å². The number of fused-ring (bicyclic) bond motifs is 3. The summed E-state index contributed by atoms with van der Waals surface area (Å²) in [7, 11) is -1.66. The maximum atomic E-state index is 6.28. The molecule has 128 valence electrons. The quantitative estimate of drug-likeness (QED) is 0.484. The van der Waals surface area contributed by atoms with Crippen LogP contribution in [0.5, 0.6) is 0 Å². The van der Waals surface area contributed by atoms with Crippen molar-refractivity contribution in [1.29, 1.82) is 0 Å². The van der Waals surface area contributed by atoms with Gasteiger partial charge in [-0.25, -0.2) is 4.98 Å². The predicted octanol–water partition coefficient (Wildman–Crippen LogP) is 5.00. The second-order valence-corrected chi connectivity index (χ2v) is 12.7. The Labute approximate surface area is 145 Å². The molecule has 0 aliphatic carbocycles. The highest BCUT2D eigenvalue weighted by Gasteiger charge is 2.36. The summed E-state index contributed by atoms with van der Waals surface area (Å²) in [5.41, 5.74) is 3.15. The maximum absolute atomic E-state index is 6.28. The van der Waals surface area contributed by atoms with Crippen LogP contribution in [0.25, 0.3) is 21.9 Å². The van der Waals surface area contributed by atoms with E-state index in [4.69, 9.17) is 4.43 Å². The number of aromatic nitrogens is 3. The summed E-state index contributed by atoms with van der Waals surface area (Å²) in [6.45, 7) is 13.2. The van der Waals surface area contributed by atoms with Crippen molar-refractivity contribution in [2.45, 2.75) is 51.9 Å². The average molecular weight is 342 g/mol. The molecule has 0 bridgehead atoms. The number of rotatable bonds is 5. The second-order valence-electron chi connectivity index (χ2n) is 7.91. The Morgan fingerprint density at radius 2 is 1.83 bits per heavy atom. The van der Waals surface area contributed by atoms with Gasteiger partial charge in [0.2, 0.25) is 0 Å². The van der Waals surface area contributed by atoms with E-state index in [9.17, 15) is 0 Å². The van der Waals surface area contributed by atoms with E-state index in [0.717, 1.165) is 36.0 Å². The highest BCUT2D eigenvalue weighted by atomic mass is 28.4. The fourth-order valence-corrected chi connectivity index (χ4v) is 3.74. The van der Waals surface area contributed by atoms with Crippen LogP contribution < -0.4 is 0 Å². The second kappa shape index (κ2) is 6.30. The first kappa shape index (κ1) is 17.1. The van der Waals surface area contributed by atoms with E-state index >= 15 is 0 Å². The van der Waals surface area contributed by atoms with Gasteiger partial charge in [0.05, 0.1) is 23.6 Å². The Morgan fingerprint density at radius 1 is 1.08 bits per heavy atom. The van der Waals surface area contributed by atoms with Crippen molar-refractivity contribution in [3.8, 4) is 0 Å². The van der Waals surface area contributed by atoms with E-state index < -0.39 is 8.32 Å². The van der Waals surface area contributed by atoms with Crippen molar-refractivity contribution in [3.05, 3.63) is 36.8 Å². The molecule has 0 spiro atoms. The summed E-state index contributed by atoms with van der Waals surface area (Å²) >= 11 is 0. The number of nitrogens with zero attached hydrogens (tertiary/aromatic N) is 3. The summed E-state index contributed by atoms with van der Waals surface area (Å²) < 4.78 is 8.52. The smallest absolute Gasteiger partial charge is 0.191 e. The fourth-order valence-electron chi connectivity index (χ4n) is 2.65. The molecule has 0 aliphatic heterocycles. The number of pyridine rings is 1. The van der Waals surface area contributed by atoms with E-state index in [1.807, 2.05) is 24.7 Å². The van der Waals surface area contributed by atoms with Gasteiger partial charge in [-0.3, -0.25) is 4.98 Å². The lowest BCUT2D eigenvalue weighted by Crippen LogP contribution is -2.41. The molecule has 1 aromatic carbocycles. The SMILES string of the molecule is CC(C)(C)[Si](C)(C)OCCCn1cnc2cnc3ccccc3c21. The van der Waals surface area contributed by atoms with Gasteiger partial charge in [0.15, 0.2) is 8.32 Å². The van der Waals surface area contributed by atoms with Gasteiger partial charge in [-0.15, -0.1) is 0 Å². The van der Waals surface area contributed by atoms with E-state index in [0.29, 0.717) is 0 Å². The van der Waals surface area contributed by atoms with E-state index in [-0.39, 0.29) is 5.04 Å². The summed E-state index contributed by atoms with van der Waals surface area (Å²) in [5.74, 6) is 0. The van der Waals surface area contributed by atoms with Crippen LogP contribution in [-0.2, 0) is 11.0 Å². The Bertz CT molecular complexity index is 849. The van der Waals surface area contributed by atoms with E-state index in [1.165, 1.54) is 5.52 Å². The van der Waals surface area contributed by atoms with Crippen molar-refractivity contribution in [1.82, 2.24) is 14.5 Å². The molecule has 0 saturated heterocycles. The zero-order valence-corrected chi connectivity index (χ0v) is 16.3. The van der Waals surface area contributed by atoms with Crippen LogP contribution in [-0.4, -0.2) is 29.5 Å². The minimum atomic E-state index is -1.66. The summed E-state index contributed by atoms with van der Waals surface area (Å²) in [4.78, 5) is 8.99. The number of benzene rings is 1. The molecule has 0 radical (unpaired) electrons. The normalized spacial score (nSPS) is 13.0. The molecule has 0 N–H and O–H groups in total. The maximum Gasteiger partial charge on any atom is 0.191 e. The molecule has 2 aromatic heterocycles. The molecule has 0 amide bonds. The van der Waals surface area contributed by atoms with Gasteiger partial charge in [-0.2, -0.15) is 0 Å². The minimum absolute atomic E-state index is 0.260. The number of hydrogen-bond acceptors (Lipinski definition) is 3. The van der Waals surface area contributed by atoms with Crippen LogP contribution in [0.15, 0.2) is 36.8 Å². The molecule has 0 unspecified atom stereocenters. The van der Waals surface area contributed by atoms with Gasteiger partial charge in [-0.05, 0) is 30.6 Å². The first-order chi connectivity index (χ1) is 11.3. The highest BCUT2D eigenvalue weighted by molar-refractivity contribution is 6.74. The Kier molecular flexibility index (Phi) is 4.49. The molecular weight excluding hydrogens is 314 g/mol.